The fraction of sp³-hybridized carbons (Fsp3) is 0.571. The topological polar surface area (TPSA) is 62.7 Å². The third-order valence-electron chi connectivity index (χ3n) is 3.26. The van der Waals surface area contributed by atoms with Crippen molar-refractivity contribution in [1.29, 1.82) is 0 Å². The summed E-state index contributed by atoms with van der Waals surface area (Å²) < 4.78 is 5.52. The molecule has 1 saturated heterocycles. The second kappa shape index (κ2) is 6.52. The predicted molar refractivity (Wildman–Crippen MR) is 71.0 cm³/mol. The van der Waals surface area contributed by atoms with Gasteiger partial charge in [0.2, 0.25) is 0 Å². The van der Waals surface area contributed by atoms with Crippen molar-refractivity contribution in [2.75, 3.05) is 26.3 Å². The Balaban J connectivity index is 1.90. The lowest BCUT2D eigenvalue weighted by molar-refractivity contribution is 0.0746. The molecule has 1 aliphatic heterocycles. The average molecular weight is 264 g/mol. The van der Waals surface area contributed by atoms with E-state index in [-0.39, 0.29) is 17.4 Å². The molecule has 5 nitrogen and oxygen atoms in total. The largest absolute Gasteiger partial charge is 0.505 e. The van der Waals surface area contributed by atoms with Gasteiger partial charge in [0.25, 0.3) is 5.91 Å². The Hall–Kier alpha value is -1.62. The van der Waals surface area contributed by atoms with E-state index >= 15 is 0 Å². The molecule has 1 fully saturated rings. The van der Waals surface area contributed by atoms with Crippen molar-refractivity contribution >= 4 is 5.91 Å². The van der Waals surface area contributed by atoms with Crippen LogP contribution in [0.1, 0.15) is 30.3 Å². The normalized spacial score (nSPS) is 18.8. The summed E-state index contributed by atoms with van der Waals surface area (Å²) in [5.41, 5.74) is 0.137. The summed E-state index contributed by atoms with van der Waals surface area (Å²) in [6, 6.07) is 3.09. The van der Waals surface area contributed by atoms with Crippen LogP contribution in [-0.4, -0.2) is 47.2 Å². The second-order valence-corrected chi connectivity index (χ2v) is 4.85. The minimum Gasteiger partial charge on any atom is -0.505 e. The van der Waals surface area contributed by atoms with Crippen molar-refractivity contribution in [3.63, 3.8) is 0 Å². The van der Waals surface area contributed by atoms with Gasteiger partial charge in [0.15, 0.2) is 5.69 Å². The van der Waals surface area contributed by atoms with Gasteiger partial charge >= 0.3 is 0 Å². The number of aromatic hydroxyl groups is 1. The number of aromatic nitrogens is 1. The van der Waals surface area contributed by atoms with Crippen LogP contribution >= 0.6 is 0 Å². The number of carbonyl (C=O) groups excluding carboxylic acids is 1. The maximum atomic E-state index is 12.2. The highest BCUT2D eigenvalue weighted by molar-refractivity contribution is 5.94. The summed E-state index contributed by atoms with van der Waals surface area (Å²) in [6.07, 6.45) is 3.48. The number of amides is 1. The molecule has 0 aromatic carbocycles. The summed E-state index contributed by atoms with van der Waals surface area (Å²) in [7, 11) is 0. The molecule has 1 amide bonds. The lowest BCUT2D eigenvalue weighted by Gasteiger charge is -2.16. The third kappa shape index (κ3) is 3.44. The highest BCUT2D eigenvalue weighted by Crippen LogP contribution is 2.21. The van der Waals surface area contributed by atoms with Gasteiger partial charge in [0, 0.05) is 31.8 Å². The van der Waals surface area contributed by atoms with Gasteiger partial charge < -0.3 is 14.7 Å². The van der Waals surface area contributed by atoms with Crippen LogP contribution in [0, 0.1) is 5.92 Å². The summed E-state index contributed by atoms with van der Waals surface area (Å²) in [5, 5.41) is 9.65. The lowest BCUT2D eigenvalue weighted by Crippen LogP contribution is -2.30. The molecule has 2 heterocycles. The number of hydrogen-bond acceptors (Lipinski definition) is 4. The zero-order valence-electron chi connectivity index (χ0n) is 11.2. The van der Waals surface area contributed by atoms with Crippen molar-refractivity contribution in [2.24, 2.45) is 5.92 Å². The first-order valence-electron chi connectivity index (χ1n) is 6.73. The summed E-state index contributed by atoms with van der Waals surface area (Å²) in [5.74, 6) is 0.135. The molecule has 1 aliphatic rings. The van der Waals surface area contributed by atoms with Crippen LogP contribution in [0.15, 0.2) is 18.3 Å². The van der Waals surface area contributed by atoms with E-state index < -0.39 is 0 Å². The molecule has 0 bridgehead atoms. The van der Waals surface area contributed by atoms with E-state index in [1.165, 1.54) is 12.3 Å². The van der Waals surface area contributed by atoms with Gasteiger partial charge in [0.05, 0.1) is 6.61 Å². The van der Waals surface area contributed by atoms with Crippen molar-refractivity contribution in [3.05, 3.63) is 24.0 Å². The Morgan fingerprint density at radius 1 is 1.63 bits per heavy atom. The lowest BCUT2D eigenvalue weighted by atomic mass is 10.1. The molecule has 1 atom stereocenters. The smallest absolute Gasteiger partial charge is 0.276 e. The van der Waals surface area contributed by atoms with E-state index in [4.69, 9.17) is 4.74 Å². The van der Waals surface area contributed by atoms with Crippen LogP contribution in [0.5, 0.6) is 5.75 Å². The van der Waals surface area contributed by atoms with Crippen LogP contribution in [0.3, 0.4) is 0 Å². The molecule has 19 heavy (non-hydrogen) atoms. The molecule has 104 valence electrons. The highest BCUT2D eigenvalue weighted by atomic mass is 16.5. The van der Waals surface area contributed by atoms with Crippen molar-refractivity contribution in [2.45, 2.75) is 19.8 Å². The Kier molecular flexibility index (Phi) is 4.74. The van der Waals surface area contributed by atoms with Gasteiger partial charge in [-0.25, -0.2) is 4.98 Å². The van der Waals surface area contributed by atoms with Crippen molar-refractivity contribution < 1.29 is 14.6 Å². The minimum absolute atomic E-state index is 0.0572. The summed E-state index contributed by atoms with van der Waals surface area (Å²) >= 11 is 0. The second-order valence-electron chi connectivity index (χ2n) is 4.85. The van der Waals surface area contributed by atoms with Crippen LogP contribution in [0.25, 0.3) is 0 Å². The number of carbonyl (C=O) groups is 1. The molecule has 5 heteroatoms. The quantitative estimate of drug-likeness (QED) is 0.822. The zero-order valence-corrected chi connectivity index (χ0v) is 11.2. The number of nitrogens with zero attached hydrogens (tertiary/aromatic N) is 2. The minimum atomic E-state index is -0.198. The molecule has 0 saturated carbocycles. The van der Waals surface area contributed by atoms with Gasteiger partial charge in [-0.15, -0.1) is 0 Å². The number of rotatable bonds is 5. The molecular weight excluding hydrogens is 244 g/mol. The highest BCUT2D eigenvalue weighted by Gasteiger charge is 2.28. The Bertz CT molecular complexity index is 436. The van der Waals surface area contributed by atoms with Gasteiger partial charge in [-0.2, -0.15) is 0 Å². The van der Waals surface area contributed by atoms with Crippen molar-refractivity contribution in [3.8, 4) is 5.75 Å². The number of hydrogen-bond donors (Lipinski definition) is 1. The first-order valence-corrected chi connectivity index (χ1v) is 6.73. The molecular formula is C14H20N2O3. The van der Waals surface area contributed by atoms with Crippen molar-refractivity contribution in [1.82, 2.24) is 9.88 Å². The average Bonchev–Trinajstić information content (AvgIpc) is 2.88. The fourth-order valence-electron chi connectivity index (χ4n) is 2.26. The molecule has 0 spiro atoms. The SMILES string of the molecule is CCCOC[C@@H]1CCN(C(=O)c2ncccc2O)C1. The predicted octanol–water partition coefficient (Wildman–Crippen LogP) is 1.68. The van der Waals surface area contributed by atoms with E-state index in [1.807, 2.05) is 0 Å². The maximum absolute atomic E-state index is 12.2. The van der Waals surface area contributed by atoms with Gasteiger partial charge in [-0.3, -0.25) is 4.79 Å². The Labute approximate surface area is 113 Å². The molecule has 1 N–H and O–H groups in total. The van der Waals surface area contributed by atoms with E-state index in [9.17, 15) is 9.90 Å². The zero-order chi connectivity index (χ0) is 13.7. The molecule has 1 aromatic heterocycles. The van der Waals surface area contributed by atoms with Crippen LogP contribution in [0.2, 0.25) is 0 Å². The molecule has 0 unspecified atom stereocenters. The van der Waals surface area contributed by atoms with E-state index in [0.717, 1.165) is 19.4 Å². The fourth-order valence-corrected chi connectivity index (χ4v) is 2.26. The van der Waals surface area contributed by atoms with E-state index in [1.54, 1.807) is 11.0 Å². The van der Waals surface area contributed by atoms with Gasteiger partial charge in [-0.05, 0) is 25.0 Å². The Morgan fingerprint density at radius 3 is 3.21 bits per heavy atom. The molecule has 0 aliphatic carbocycles. The number of pyridine rings is 1. The molecule has 1 aromatic rings. The first kappa shape index (κ1) is 13.8. The summed E-state index contributed by atoms with van der Waals surface area (Å²) in [4.78, 5) is 17.9. The van der Waals surface area contributed by atoms with Crippen LogP contribution in [0.4, 0.5) is 0 Å². The maximum Gasteiger partial charge on any atom is 0.276 e. The van der Waals surface area contributed by atoms with Crippen LogP contribution in [-0.2, 0) is 4.74 Å². The monoisotopic (exact) mass is 264 g/mol. The number of ether oxygens (including phenoxy) is 1. The van der Waals surface area contributed by atoms with E-state index in [2.05, 4.69) is 11.9 Å². The Morgan fingerprint density at radius 2 is 2.47 bits per heavy atom. The molecule has 0 radical (unpaired) electrons. The van der Waals surface area contributed by atoms with Crippen LogP contribution < -0.4 is 0 Å². The molecule has 2 rings (SSSR count). The van der Waals surface area contributed by atoms with Gasteiger partial charge in [0.1, 0.15) is 5.75 Å². The van der Waals surface area contributed by atoms with Gasteiger partial charge in [-0.1, -0.05) is 6.92 Å². The van der Waals surface area contributed by atoms with E-state index in [0.29, 0.717) is 25.6 Å². The summed E-state index contributed by atoms with van der Waals surface area (Å²) in [6.45, 7) is 4.93. The third-order valence-corrected chi connectivity index (χ3v) is 3.26. The first-order chi connectivity index (χ1) is 9.22. The standard InChI is InChI=1S/C14H20N2O3/c1-2-8-19-10-11-5-7-16(9-11)14(18)13-12(17)4-3-6-15-13/h3-4,6,11,17H,2,5,7-10H2,1H3/t11-/m1/s1. The number of likely N-dealkylation sites (tertiary alicyclic amines) is 1.